The molecule has 7 nitrogen and oxygen atoms in total. The summed E-state index contributed by atoms with van der Waals surface area (Å²) in [5, 5.41) is 11.7. The van der Waals surface area contributed by atoms with Gasteiger partial charge in [0.2, 0.25) is 0 Å². The van der Waals surface area contributed by atoms with Gasteiger partial charge < -0.3 is 13.8 Å². The first-order valence-corrected chi connectivity index (χ1v) is 14.1. The minimum atomic E-state index is -0.405. The first-order chi connectivity index (χ1) is 18.7. The Kier molecular flexibility index (Phi) is 7.58. The van der Waals surface area contributed by atoms with Crippen molar-refractivity contribution in [1.82, 2.24) is 0 Å². The first-order valence-electron chi connectivity index (χ1n) is 13.3. The lowest BCUT2D eigenvalue weighted by Gasteiger charge is -2.42. The number of benzene rings is 3. The van der Waals surface area contributed by atoms with Crippen molar-refractivity contribution in [3.05, 3.63) is 94.5 Å². The lowest BCUT2D eigenvalue weighted by Crippen LogP contribution is -2.44. The fraction of sp³-hybridized carbons (Fsp3) is 0.387. The van der Waals surface area contributed by atoms with Crippen molar-refractivity contribution in [3.8, 4) is 5.75 Å². The van der Waals surface area contributed by atoms with Gasteiger partial charge in [-0.15, -0.1) is 0 Å². The van der Waals surface area contributed by atoms with Gasteiger partial charge in [0.1, 0.15) is 29.9 Å². The lowest BCUT2D eigenvalue weighted by molar-refractivity contribution is -0.387. The molecule has 0 radical (unpaired) electrons. The van der Waals surface area contributed by atoms with Gasteiger partial charge in [0, 0.05) is 22.6 Å². The number of ether oxygens (including phenoxy) is 2. The van der Waals surface area contributed by atoms with Crippen molar-refractivity contribution in [2.24, 2.45) is 16.7 Å². The Morgan fingerprint density at radius 3 is 2.38 bits per heavy atom. The molecule has 2 fully saturated rings. The maximum absolute atomic E-state index is 13.4. The Morgan fingerprint density at radius 1 is 1.03 bits per heavy atom. The number of nitro benzene ring substituents is 1. The van der Waals surface area contributed by atoms with Crippen LogP contribution in [-0.2, 0) is 16.1 Å². The fourth-order valence-corrected chi connectivity index (χ4v) is 7.28. The molecule has 0 N–H and O–H groups in total. The van der Waals surface area contributed by atoms with E-state index in [1.165, 1.54) is 12.5 Å². The van der Waals surface area contributed by atoms with Crippen molar-refractivity contribution < 1.29 is 19.2 Å². The zero-order valence-electron chi connectivity index (χ0n) is 22.5. The van der Waals surface area contributed by atoms with Crippen LogP contribution in [0.3, 0.4) is 0 Å². The molecule has 3 aromatic carbocycles. The largest absolute Gasteiger partial charge is 0.489 e. The zero-order chi connectivity index (χ0) is 27.6. The minimum Gasteiger partial charge on any atom is -0.489 e. The van der Waals surface area contributed by atoms with Gasteiger partial charge in [-0.1, -0.05) is 63.2 Å². The highest BCUT2D eigenvalue weighted by Gasteiger charge is 2.61. The first kappa shape index (κ1) is 27.1. The normalized spacial score (nSPS) is 22.8. The molecular formula is C31H34N2O5S. The van der Waals surface area contributed by atoms with Gasteiger partial charge in [0.15, 0.2) is 0 Å². The number of carbonyl (C=O) groups excluding carboxylic acids is 1. The number of nitro groups is 1. The highest BCUT2D eigenvalue weighted by Crippen LogP contribution is 2.63. The van der Waals surface area contributed by atoms with Crippen LogP contribution in [-0.4, -0.2) is 23.5 Å². The van der Waals surface area contributed by atoms with E-state index in [9.17, 15) is 14.9 Å². The van der Waals surface area contributed by atoms with Gasteiger partial charge in [-0.2, -0.15) is 0 Å². The topological polar surface area (TPSA) is 81.9 Å². The lowest BCUT2D eigenvalue weighted by atomic mass is 9.70. The van der Waals surface area contributed by atoms with E-state index in [0.717, 1.165) is 36.0 Å². The van der Waals surface area contributed by atoms with Crippen LogP contribution in [0.2, 0.25) is 0 Å². The Morgan fingerprint density at radius 2 is 1.72 bits per heavy atom. The molecule has 3 atom stereocenters. The van der Waals surface area contributed by atoms with E-state index in [1.807, 2.05) is 54.6 Å². The van der Waals surface area contributed by atoms with E-state index < -0.39 is 4.92 Å². The molecule has 2 aliphatic carbocycles. The number of anilines is 1. The average molecular weight is 547 g/mol. The third-order valence-electron chi connectivity index (χ3n) is 8.30. The summed E-state index contributed by atoms with van der Waals surface area (Å²) in [6.45, 7) is 7.03. The second kappa shape index (κ2) is 10.9. The molecule has 3 unspecified atom stereocenters. The second-order valence-corrected chi connectivity index (χ2v) is 12.5. The average Bonchev–Trinajstić information content (AvgIpc) is 3.41. The van der Waals surface area contributed by atoms with Crippen molar-refractivity contribution in [1.29, 1.82) is 0 Å². The fourth-order valence-electron chi connectivity index (χ4n) is 6.27. The Balaban J connectivity index is 1.34. The Bertz CT molecular complexity index is 1330. The number of hydrogen-bond donors (Lipinski definition) is 0. The third kappa shape index (κ3) is 5.76. The molecule has 5 rings (SSSR count). The van der Waals surface area contributed by atoms with Crippen LogP contribution in [0.5, 0.6) is 5.75 Å². The maximum Gasteiger partial charge on any atom is 0.326 e. The van der Waals surface area contributed by atoms with Gasteiger partial charge >= 0.3 is 5.97 Å². The van der Waals surface area contributed by atoms with E-state index in [2.05, 4.69) is 20.8 Å². The molecule has 0 saturated heterocycles. The van der Waals surface area contributed by atoms with Crippen molar-refractivity contribution in [2.45, 2.75) is 57.6 Å². The molecular weight excluding hydrogens is 512 g/mol. The molecule has 2 aliphatic rings. The highest BCUT2D eigenvalue weighted by molar-refractivity contribution is 8.00. The molecule has 0 heterocycles. The maximum atomic E-state index is 13.4. The van der Waals surface area contributed by atoms with Gasteiger partial charge in [0.05, 0.1) is 4.92 Å². The quantitative estimate of drug-likeness (QED) is 0.113. The number of esters is 1. The number of nitrogens with zero attached hydrogens (tertiary/aromatic N) is 2. The molecule has 2 saturated carbocycles. The van der Waals surface area contributed by atoms with Crippen molar-refractivity contribution in [3.63, 3.8) is 0 Å². The summed E-state index contributed by atoms with van der Waals surface area (Å²) in [6, 6.07) is 23.9. The second-order valence-electron chi connectivity index (χ2n) is 11.4. The van der Waals surface area contributed by atoms with Crippen LogP contribution >= 0.6 is 11.9 Å². The molecule has 3 aromatic rings. The number of fused-ring (bicyclic) bond motifs is 2. The summed E-state index contributed by atoms with van der Waals surface area (Å²) >= 11 is 1.16. The van der Waals surface area contributed by atoms with E-state index >= 15 is 0 Å². The number of carbonyl (C=O) groups is 1. The van der Waals surface area contributed by atoms with Crippen LogP contribution < -0.4 is 9.04 Å². The number of hydrogen-bond acceptors (Lipinski definition) is 7. The predicted molar refractivity (Wildman–Crippen MR) is 153 cm³/mol. The van der Waals surface area contributed by atoms with Crippen LogP contribution in [0, 0.1) is 26.9 Å². The van der Waals surface area contributed by atoms with Gasteiger partial charge in [0.25, 0.3) is 5.69 Å². The van der Waals surface area contributed by atoms with Crippen LogP contribution in [0.25, 0.3) is 0 Å². The summed E-state index contributed by atoms with van der Waals surface area (Å²) < 4.78 is 13.9. The Labute approximate surface area is 233 Å². The summed E-state index contributed by atoms with van der Waals surface area (Å²) in [6.07, 6.45) is 3.17. The predicted octanol–water partition coefficient (Wildman–Crippen LogP) is 7.45. The summed E-state index contributed by atoms with van der Waals surface area (Å²) in [5.41, 5.74) is 1.70. The molecule has 0 amide bonds. The van der Waals surface area contributed by atoms with Gasteiger partial charge in [-0.3, -0.25) is 14.9 Å². The van der Waals surface area contributed by atoms with Crippen molar-refractivity contribution >= 4 is 29.3 Å². The van der Waals surface area contributed by atoms with Crippen LogP contribution in [0.4, 0.5) is 11.4 Å². The van der Waals surface area contributed by atoms with Crippen LogP contribution in [0.15, 0.2) is 83.8 Å². The number of rotatable bonds is 10. The molecule has 0 aromatic heterocycles. The number of para-hydroxylation sites is 1. The summed E-state index contributed by atoms with van der Waals surface area (Å²) in [5.74, 6) is 0.913. The highest BCUT2D eigenvalue weighted by atomic mass is 32.2. The Hall–Kier alpha value is -3.52. The molecule has 2 bridgehead atoms. The summed E-state index contributed by atoms with van der Waals surface area (Å²) in [7, 11) is 0. The smallest absolute Gasteiger partial charge is 0.326 e. The SMILES string of the molecule is CC12CCC(C1)C(C)(C)C2OC(=O)CN(Sc1ccccc1[N+](=O)[O-])c1ccc(OCc2ccccc2)cc1. The standard InChI is InChI=1S/C31H34N2O5S/c1-30(2)23-17-18-31(3,19-23)29(30)38-28(34)20-32(39-27-12-8-7-11-26(27)33(35)36)24-13-15-25(16-14-24)37-21-22-9-5-4-6-10-22/h4-16,23,29H,17-21H2,1-3H3. The summed E-state index contributed by atoms with van der Waals surface area (Å²) in [4.78, 5) is 25.1. The zero-order valence-corrected chi connectivity index (χ0v) is 23.4. The molecule has 0 aliphatic heterocycles. The van der Waals surface area contributed by atoms with Crippen LogP contribution in [0.1, 0.15) is 45.6 Å². The minimum absolute atomic E-state index is 0.00223. The van der Waals surface area contributed by atoms with E-state index in [4.69, 9.17) is 9.47 Å². The van der Waals surface area contributed by atoms with E-state index in [1.54, 1.807) is 22.5 Å². The molecule has 39 heavy (non-hydrogen) atoms. The molecule has 204 valence electrons. The van der Waals surface area contributed by atoms with E-state index in [-0.39, 0.29) is 35.1 Å². The monoisotopic (exact) mass is 546 g/mol. The third-order valence-corrected chi connectivity index (χ3v) is 9.41. The van der Waals surface area contributed by atoms with Gasteiger partial charge in [-0.05, 0) is 73.0 Å². The molecule has 0 spiro atoms. The van der Waals surface area contributed by atoms with Gasteiger partial charge in [-0.25, -0.2) is 0 Å². The molecule has 8 heteroatoms. The van der Waals surface area contributed by atoms with Crippen molar-refractivity contribution in [2.75, 3.05) is 10.8 Å². The van der Waals surface area contributed by atoms with E-state index in [0.29, 0.717) is 23.2 Å².